The van der Waals surface area contributed by atoms with Crippen molar-refractivity contribution in [2.24, 2.45) is 11.7 Å². The molecule has 1 saturated heterocycles. The summed E-state index contributed by atoms with van der Waals surface area (Å²) in [7, 11) is 0. The molecule has 0 aliphatic carbocycles. The number of carbonyl (C=O) groups excluding carboxylic acids is 2. The lowest BCUT2D eigenvalue weighted by molar-refractivity contribution is -0.143. The first-order chi connectivity index (χ1) is 18.6. The molecule has 3 aromatic rings. The second-order valence-corrected chi connectivity index (χ2v) is 9.93. The molecule has 0 atom stereocenters. The topological polar surface area (TPSA) is 101 Å². The number of piperidine rings is 1. The van der Waals surface area contributed by atoms with E-state index in [2.05, 4.69) is 0 Å². The highest BCUT2D eigenvalue weighted by molar-refractivity contribution is 6.02. The molecule has 0 radical (unpaired) electrons. The summed E-state index contributed by atoms with van der Waals surface area (Å²) >= 11 is 0. The number of nitrogens with zero attached hydrogens (tertiary/aromatic N) is 2. The van der Waals surface area contributed by atoms with Crippen molar-refractivity contribution in [3.05, 3.63) is 70.9 Å². The molecule has 0 bridgehead atoms. The summed E-state index contributed by atoms with van der Waals surface area (Å²) in [6.07, 6.45) is -0.690. The Hall–Kier alpha value is -3.82. The highest BCUT2D eigenvalue weighted by Gasteiger charge is 2.30. The summed E-state index contributed by atoms with van der Waals surface area (Å²) in [5.41, 5.74) is 7.19. The van der Waals surface area contributed by atoms with Crippen LogP contribution in [0.4, 0.5) is 13.2 Å². The van der Waals surface area contributed by atoms with Gasteiger partial charge in [-0.1, -0.05) is 24.3 Å². The number of halogens is 3. The maximum Gasteiger partial charge on any atom is 0.416 e. The summed E-state index contributed by atoms with van der Waals surface area (Å²) < 4.78 is 45.9. The predicted molar refractivity (Wildman–Crippen MR) is 143 cm³/mol. The van der Waals surface area contributed by atoms with Crippen molar-refractivity contribution >= 4 is 28.6 Å². The van der Waals surface area contributed by atoms with Crippen LogP contribution in [0, 0.1) is 11.3 Å². The third-order valence-electron chi connectivity index (χ3n) is 7.26. The van der Waals surface area contributed by atoms with E-state index >= 15 is 0 Å². The van der Waals surface area contributed by atoms with Crippen LogP contribution in [0.15, 0.2) is 48.5 Å². The monoisotopic (exact) mass is 542 g/mol. The number of alkyl halides is 3. The standard InChI is InChI=1S/C29H33F3N4O3/c1-2-39-26(37)5-3-4-19-12-14-35(15-13-19)28(38)25-16-21-8-9-22(27(33)34)17-24(21)36(25)18-20-6-10-23(11-7-20)29(30,31)32/h6-11,16-17,19H,2-5,12-15,18H2,1H3,(H3,33,34). The van der Waals surface area contributed by atoms with Gasteiger partial charge in [0.1, 0.15) is 11.5 Å². The zero-order valence-corrected chi connectivity index (χ0v) is 21.9. The van der Waals surface area contributed by atoms with Crippen LogP contribution >= 0.6 is 0 Å². The molecule has 3 N–H and O–H groups in total. The van der Waals surface area contributed by atoms with Crippen molar-refractivity contribution in [3.63, 3.8) is 0 Å². The van der Waals surface area contributed by atoms with Crippen molar-refractivity contribution in [1.29, 1.82) is 5.41 Å². The van der Waals surface area contributed by atoms with Gasteiger partial charge >= 0.3 is 12.1 Å². The lowest BCUT2D eigenvalue weighted by Crippen LogP contribution is -2.39. The number of hydrogen-bond donors (Lipinski definition) is 2. The summed E-state index contributed by atoms with van der Waals surface area (Å²) in [6, 6.07) is 11.9. The number of carbonyl (C=O) groups is 2. The van der Waals surface area contributed by atoms with Crippen molar-refractivity contribution < 1.29 is 27.5 Å². The number of hydrogen-bond acceptors (Lipinski definition) is 4. The molecular formula is C29H33F3N4O3. The molecule has 39 heavy (non-hydrogen) atoms. The lowest BCUT2D eigenvalue weighted by atomic mass is 9.91. The molecule has 7 nitrogen and oxygen atoms in total. The zero-order chi connectivity index (χ0) is 28.2. The Balaban J connectivity index is 1.53. The molecule has 0 spiro atoms. The SMILES string of the molecule is CCOC(=O)CCCC1CCN(C(=O)c2cc3ccc(C(=N)N)cc3n2Cc2ccc(C(F)(F)F)cc2)CC1. The molecule has 4 rings (SSSR count). The molecule has 208 valence electrons. The average Bonchev–Trinajstić information content (AvgIpc) is 3.26. The number of esters is 1. The Morgan fingerprint density at radius 3 is 2.38 bits per heavy atom. The quantitative estimate of drug-likeness (QED) is 0.209. The third kappa shape index (κ3) is 6.79. The molecule has 0 unspecified atom stereocenters. The number of nitrogens with one attached hydrogen (secondary N) is 1. The fourth-order valence-corrected chi connectivity index (χ4v) is 5.11. The van der Waals surface area contributed by atoms with Crippen LogP contribution < -0.4 is 5.73 Å². The number of nitrogens with two attached hydrogens (primary N) is 1. The molecule has 1 aromatic heterocycles. The Bertz CT molecular complexity index is 1340. The number of nitrogen functional groups attached to an aromatic ring is 1. The Morgan fingerprint density at radius 2 is 1.77 bits per heavy atom. The Morgan fingerprint density at radius 1 is 1.08 bits per heavy atom. The minimum Gasteiger partial charge on any atom is -0.466 e. The van der Waals surface area contributed by atoms with Crippen molar-refractivity contribution in [2.75, 3.05) is 19.7 Å². The van der Waals surface area contributed by atoms with E-state index in [1.165, 1.54) is 12.1 Å². The van der Waals surface area contributed by atoms with E-state index in [-0.39, 0.29) is 24.3 Å². The van der Waals surface area contributed by atoms with Crippen LogP contribution in [0.25, 0.3) is 10.9 Å². The number of rotatable bonds is 9. The fraction of sp³-hybridized carbons (Fsp3) is 0.414. The third-order valence-corrected chi connectivity index (χ3v) is 7.26. The first-order valence-corrected chi connectivity index (χ1v) is 13.2. The maximum atomic E-state index is 13.7. The minimum absolute atomic E-state index is 0.114. The molecule has 0 saturated carbocycles. The van der Waals surface area contributed by atoms with E-state index < -0.39 is 11.7 Å². The molecule has 1 aliphatic heterocycles. The first kappa shape index (κ1) is 28.2. The Labute approximate surface area is 225 Å². The molecule has 2 heterocycles. The zero-order valence-electron chi connectivity index (χ0n) is 21.9. The van der Waals surface area contributed by atoms with E-state index in [4.69, 9.17) is 15.9 Å². The van der Waals surface area contributed by atoms with Gasteiger partial charge in [0.2, 0.25) is 0 Å². The van der Waals surface area contributed by atoms with Gasteiger partial charge in [-0.15, -0.1) is 0 Å². The highest BCUT2D eigenvalue weighted by Crippen LogP contribution is 2.30. The van der Waals surface area contributed by atoms with Crippen molar-refractivity contribution in [1.82, 2.24) is 9.47 Å². The molecule has 1 aliphatic rings. The van der Waals surface area contributed by atoms with Crippen LogP contribution in [-0.2, 0) is 22.3 Å². The normalized spacial score (nSPS) is 14.5. The van der Waals surface area contributed by atoms with E-state index in [0.717, 1.165) is 43.2 Å². The maximum absolute atomic E-state index is 13.7. The lowest BCUT2D eigenvalue weighted by Gasteiger charge is -2.32. The molecule has 1 fully saturated rings. The summed E-state index contributed by atoms with van der Waals surface area (Å²) in [5.74, 6) is -0.0110. The van der Waals surface area contributed by atoms with Gasteiger partial charge < -0.3 is 19.9 Å². The van der Waals surface area contributed by atoms with E-state index in [1.807, 2.05) is 4.90 Å². The summed E-state index contributed by atoms with van der Waals surface area (Å²) in [5, 5.41) is 8.59. The first-order valence-electron chi connectivity index (χ1n) is 13.2. The van der Waals surface area contributed by atoms with Crippen LogP contribution in [-0.4, -0.2) is 46.9 Å². The van der Waals surface area contributed by atoms with Crippen LogP contribution in [0.3, 0.4) is 0 Å². The van der Waals surface area contributed by atoms with Gasteiger partial charge in [0.05, 0.1) is 12.2 Å². The van der Waals surface area contributed by atoms with Gasteiger partial charge in [-0.2, -0.15) is 13.2 Å². The number of fused-ring (bicyclic) bond motifs is 1. The van der Waals surface area contributed by atoms with Crippen LogP contribution in [0.1, 0.15) is 66.2 Å². The molecule has 1 amide bonds. The van der Waals surface area contributed by atoms with Crippen LogP contribution in [0.2, 0.25) is 0 Å². The van der Waals surface area contributed by atoms with Gasteiger partial charge in [-0.25, -0.2) is 0 Å². The van der Waals surface area contributed by atoms with Gasteiger partial charge in [0.25, 0.3) is 5.91 Å². The van der Waals surface area contributed by atoms with E-state index in [1.54, 1.807) is 35.8 Å². The minimum atomic E-state index is -4.43. The number of likely N-dealkylation sites (tertiary alicyclic amines) is 1. The molecular weight excluding hydrogens is 509 g/mol. The van der Waals surface area contributed by atoms with Gasteiger partial charge in [0.15, 0.2) is 0 Å². The van der Waals surface area contributed by atoms with Gasteiger partial charge in [-0.05, 0) is 68.4 Å². The van der Waals surface area contributed by atoms with Crippen molar-refractivity contribution in [3.8, 4) is 0 Å². The number of benzene rings is 2. The number of amidine groups is 1. The van der Waals surface area contributed by atoms with Gasteiger partial charge in [0, 0.05) is 42.5 Å². The van der Waals surface area contributed by atoms with Gasteiger partial charge in [-0.3, -0.25) is 15.0 Å². The van der Waals surface area contributed by atoms with E-state index in [0.29, 0.717) is 54.4 Å². The smallest absolute Gasteiger partial charge is 0.416 e. The molecule has 10 heteroatoms. The van der Waals surface area contributed by atoms with Crippen LogP contribution in [0.5, 0.6) is 0 Å². The Kier molecular flexibility index (Phi) is 8.62. The number of amides is 1. The number of ether oxygens (including phenoxy) is 1. The predicted octanol–water partition coefficient (Wildman–Crippen LogP) is 5.58. The highest BCUT2D eigenvalue weighted by atomic mass is 19.4. The summed E-state index contributed by atoms with van der Waals surface area (Å²) in [4.78, 5) is 27.1. The fourth-order valence-electron chi connectivity index (χ4n) is 5.11. The number of aromatic nitrogens is 1. The largest absolute Gasteiger partial charge is 0.466 e. The average molecular weight is 543 g/mol. The second-order valence-electron chi connectivity index (χ2n) is 9.93. The van der Waals surface area contributed by atoms with Crippen molar-refractivity contribution in [2.45, 2.75) is 51.7 Å². The van der Waals surface area contributed by atoms with E-state index in [9.17, 15) is 22.8 Å². The second kappa shape index (κ2) is 11.9. The molecule has 2 aromatic carbocycles. The summed E-state index contributed by atoms with van der Waals surface area (Å²) in [6.45, 7) is 3.53.